The van der Waals surface area contributed by atoms with Crippen LogP contribution in [0.25, 0.3) is 0 Å². The van der Waals surface area contributed by atoms with Crippen LogP contribution in [0.2, 0.25) is 0 Å². The van der Waals surface area contributed by atoms with Crippen molar-refractivity contribution in [3.05, 3.63) is 113 Å². The quantitative estimate of drug-likeness (QED) is 0.293. The first-order valence-electron chi connectivity index (χ1n) is 15.3. The van der Waals surface area contributed by atoms with Gasteiger partial charge >= 0.3 is 5.97 Å². The Morgan fingerprint density at radius 3 is 2.45 bits per heavy atom. The Labute approximate surface area is 258 Å². The molecule has 0 bridgehead atoms. The van der Waals surface area contributed by atoms with Crippen molar-refractivity contribution >= 4 is 17.8 Å². The predicted octanol–water partition coefficient (Wildman–Crippen LogP) is 4.53. The first kappa shape index (κ1) is 31.0. The van der Waals surface area contributed by atoms with Crippen molar-refractivity contribution in [3.63, 3.8) is 0 Å². The lowest BCUT2D eigenvalue weighted by atomic mass is 9.92. The molecule has 2 amide bonds. The summed E-state index contributed by atoms with van der Waals surface area (Å²) >= 11 is 0. The Kier molecular flexibility index (Phi) is 10.8. The van der Waals surface area contributed by atoms with E-state index >= 15 is 0 Å². The molecule has 0 aromatic heterocycles. The van der Waals surface area contributed by atoms with Crippen LogP contribution in [0.3, 0.4) is 0 Å². The molecule has 0 saturated heterocycles. The molecule has 0 saturated carbocycles. The van der Waals surface area contributed by atoms with Crippen molar-refractivity contribution in [2.45, 2.75) is 63.8 Å². The van der Waals surface area contributed by atoms with Crippen LogP contribution in [0.15, 0.2) is 91.0 Å². The number of allylic oxidation sites excluding steroid dienone is 2. The fraction of sp³-hybridized carbons (Fsp3) is 0.361. The van der Waals surface area contributed by atoms with Gasteiger partial charge in [0.25, 0.3) is 0 Å². The molecule has 44 heavy (non-hydrogen) atoms. The second-order valence-electron chi connectivity index (χ2n) is 11.5. The Balaban J connectivity index is 1.25. The zero-order valence-electron chi connectivity index (χ0n) is 24.9. The maximum Gasteiger partial charge on any atom is 0.306 e. The fourth-order valence-electron chi connectivity index (χ4n) is 5.72. The monoisotopic (exact) mass is 596 g/mol. The second kappa shape index (κ2) is 15.3. The number of benzene rings is 3. The SMILES string of the molecule is O=C1CCC=CC[C@H](CC(=O)N2Cc3ccccc3C[C@H]2CO)C(=O)N[C@@H](Cc2ccc(OCc3ccccc3)cc2)CO1. The summed E-state index contributed by atoms with van der Waals surface area (Å²) in [6.07, 6.45) is 5.91. The molecule has 0 unspecified atom stereocenters. The minimum Gasteiger partial charge on any atom is -0.489 e. The minimum absolute atomic E-state index is 0.0226. The number of nitrogens with one attached hydrogen (secondary N) is 1. The molecule has 2 aliphatic rings. The van der Waals surface area contributed by atoms with Gasteiger partial charge in [-0.1, -0.05) is 78.9 Å². The molecule has 3 aromatic rings. The van der Waals surface area contributed by atoms with Crippen LogP contribution in [-0.4, -0.2) is 53.1 Å². The number of hydrogen-bond acceptors (Lipinski definition) is 6. The summed E-state index contributed by atoms with van der Waals surface area (Å²) in [6, 6.07) is 24.8. The summed E-state index contributed by atoms with van der Waals surface area (Å²) in [5.74, 6) is -0.592. The molecule has 2 N–H and O–H groups in total. The van der Waals surface area contributed by atoms with Gasteiger partial charge in [0.2, 0.25) is 11.8 Å². The molecule has 8 heteroatoms. The highest BCUT2D eigenvalue weighted by Gasteiger charge is 2.32. The Morgan fingerprint density at radius 1 is 0.932 bits per heavy atom. The first-order chi connectivity index (χ1) is 21.5. The molecule has 0 fully saturated rings. The number of carbonyl (C=O) groups excluding carboxylic acids is 3. The zero-order chi connectivity index (χ0) is 30.7. The van der Waals surface area contributed by atoms with Crippen LogP contribution < -0.4 is 10.1 Å². The molecule has 5 rings (SSSR count). The van der Waals surface area contributed by atoms with E-state index in [0.29, 0.717) is 38.8 Å². The second-order valence-corrected chi connectivity index (χ2v) is 11.5. The lowest BCUT2D eigenvalue weighted by molar-refractivity contribution is -0.145. The highest BCUT2D eigenvalue weighted by atomic mass is 16.5. The van der Waals surface area contributed by atoms with Crippen LogP contribution in [0.1, 0.15) is 47.9 Å². The van der Waals surface area contributed by atoms with Crippen LogP contribution >= 0.6 is 0 Å². The van der Waals surface area contributed by atoms with Crippen molar-refractivity contribution in [1.29, 1.82) is 0 Å². The van der Waals surface area contributed by atoms with E-state index in [2.05, 4.69) is 5.32 Å². The zero-order valence-corrected chi connectivity index (χ0v) is 24.9. The van der Waals surface area contributed by atoms with E-state index in [4.69, 9.17) is 9.47 Å². The standard InChI is InChI=1S/C36H40N2O6/c39-23-32-20-28-11-7-8-13-30(28)22-38(32)34(40)21-29-12-5-2-6-14-35(41)44-25-31(37-36(29)42)19-26-15-17-33(18-16-26)43-24-27-9-3-1-4-10-27/h1-5,7-11,13,15-18,29,31-32,39H,6,12,14,19-25H2,(H,37,42)/t29-,31+,32+/m1/s1. The van der Waals surface area contributed by atoms with Crippen LogP contribution in [0, 0.1) is 5.92 Å². The number of amides is 2. The Bertz CT molecular complexity index is 1440. The summed E-state index contributed by atoms with van der Waals surface area (Å²) in [6.45, 7) is 0.775. The fourth-order valence-corrected chi connectivity index (χ4v) is 5.72. The lowest BCUT2D eigenvalue weighted by Gasteiger charge is -2.36. The minimum atomic E-state index is -0.596. The van der Waals surface area contributed by atoms with Gasteiger partial charge in [-0.2, -0.15) is 0 Å². The van der Waals surface area contributed by atoms with E-state index in [0.717, 1.165) is 28.0 Å². The van der Waals surface area contributed by atoms with Gasteiger partial charge in [-0.25, -0.2) is 0 Å². The molecular formula is C36H40N2O6. The number of aliphatic hydroxyl groups is 1. The third kappa shape index (κ3) is 8.57. The van der Waals surface area contributed by atoms with E-state index < -0.39 is 12.0 Å². The van der Waals surface area contributed by atoms with Gasteiger partial charge in [0.15, 0.2) is 0 Å². The average molecular weight is 597 g/mol. The average Bonchev–Trinajstić information content (AvgIpc) is 3.05. The Hall–Kier alpha value is -4.43. The van der Waals surface area contributed by atoms with Gasteiger partial charge in [-0.05, 0) is 60.1 Å². The lowest BCUT2D eigenvalue weighted by Crippen LogP contribution is -2.48. The van der Waals surface area contributed by atoms with E-state index in [1.807, 2.05) is 91.0 Å². The third-order valence-electron chi connectivity index (χ3n) is 8.23. The molecule has 8 nitrogen and oxygen atoms in total. The molecule has 230 valence electrons. The summed E-state index contributed by atoms with van der Waals surface area (Å²) in [5, 5.41) is 13.1. The number of hydrogen-bond donors (Lipinski definition) is 2. The molecule has 3 aromatic carbocycles. The summed E-state index contributed by atoms with van der Waals surface area (Å²) < 4.78 is 11.4. The van der Waals surface area contributed by atoms with E-state index in [1.54, 1.807) is 4.90 Å². The predicted molar refractivity (Wildman–Crippen MR) is 166 cm³/mol. The summed E-state index contributed by atoms with van der Waals surface area (Å²) in [4.78, 5) is 41.2. The summed E-state index contributed by atoms with van der Waals surface area (Å²) in [5.41, 5.74) is 4.23. The van der Waals surface area contributed by atoms with Gasteiger partial charge in [-0.15, -0.1) is 0 Å². The highest BCUT2D eigenvalue weighted by molar-refractivity contribution is 5.86. The van der Waals surface area contributed by atoms with Crippen molar-refractivity contribution in [3.8, 4) is 5.75 Å². The molecule has 2 heterocycles. The topological polar surface area (TPSA) is 105 Å². The van der Waals surface area contributed by atoms with Gasteiger partial charge in [-0.3, -0.25) is 14.4 Å². The number of esters is 1. The normalized spacial score (nSPS) is 20.8. The van der Waals surface area contributed by atoms with E-state index in [9.17, 15) is 19.5 Å². The Morgan fingerprint density at radius 2 is 1.68 bits per heavy atom. The number of cyclic esters (lactones) is 1. The smallest absolute Gasteiger partial charge is 0.306 e. The van der Waals surface area contributed by atoms with Crippen LogP contribution in [0.5, 0.6) is 5.75 Å². The van der Waals surface area contributed by atoms with E-state index in [1.165, 1.54) is 0 Å². The van der Waals surface area contributed by atoms with Gasteiger partial charge in [0.05, 0.1) is 24.6 Å². The van der Waals surface area contributed by atoms with Gasteiger partial charge in [0.1, 0.15) is 19.0 Å². The highest BCUT2D eigenvalue weighted by Crippen LogP contribution is 2.26. The third-order valence-corrected chi connectivity index (χ3v) is 8.23. The van der Waals surface area contributed by atoms with Crippen LogP contribution in [-0.2, 0) is 45.1 Å². The summed E-state index contributed by atoms with van der Waals surface area (Å²) in [7, 11) is 0. The number of nitrogens with zero attached hydrogens (tertiary/aromatic N) is 1. The van der Waals surface area contributed by atoms with Crippen molar-refractivity contribution in [2.75, 3.05) is 13.2 Å². The number of carbonyl (C=O) groups is 3. The molecule has 0 aliphatic carbocycles. The molecule has 0 radical (unpaired) electrons. The largest absolute Gasteiger partial charge is 0.489 e. The maximum absolute atomic E-state index is 13.6. The van der Waals surface area contributed by atoms with Gasteiger partial charge < -0.3 is 24.8 Å². The maximum atomic E-state index is 13.6. The number of aliphatic hydroxyl groups excluding tert-OH is 1. The molecule has 0 spiro atoms. The van der Waals surface area contributed by atoms with E-state index in [-0.39, 0.29) is 49.9 Å². The van der Waals surface area contributed by atoms with Crippen molar-refractivity contribution in [1.82, 2.24) is 10.2 Å². The first-order valence-corrected chi connectivity index (χ1v) is 15.3. The molecular weight excluding hydrogens is 556 g/mol. The van der Waals surface area contributed by atoms with Gasteiger partial charge in [0, 0.05) is 19.4 Å². The number of fused-ring (bicyclic) bond motifs is 1. The number of ether oxygens (including phenoxy) is 2. The van der Waals surface area contributed by atoms with Crippen molar-refractivity contribution < 1.29 is 29.0 Å². The van der Waals surface area contributed by atoms with Crippen molar-refractivity contribution in [2.24, 2.45) is 5.92 Å². The molecule has 2 aliphatic heterocycles. The number of rotatable bonds is 8. The van der Waals surface area contributed by atoms with Crippen LogP contribution in [0.4, 0.5) is 0 Å². The molecule has 3 atom stereocenters.